The number of hydrogen-bond donors (Lipinski definition) is 0. The summed E-state index contributed by atoms with van der Waals surface area (Å²) in [4.78, 5) is 0.549. The molecule has 1 atom stereocenters. The van der Waals surface area contributed by atoms with Crippen LogP contribution in [0.3, 0.4) is 0 Å². The van der Waals surface area contributed by atoms with Gasteiger partial charge in [-0.15, -0.1) is 5.10 Å². The number of rotatable bonds is 6. The molecule has 1 heterocycles. The Labute approximate surface area is 162 Å². The summed E-state index contributed by atoms with van der Waals surface area (Å²) in [5.41, 5.74) is 2.05. The average molecular weight is 413 g/mol. The van der Waals surface area contributed by atoms with E-state index in [-0.39, 0.29) is 0 Å². The quantitative estimate of drug-likeness (QED) is 0.568. The Morgan fingerprint density at radius 3 is 2.68 bits per heavy atom. The van der Waals surface area contributed by atoms with Crippen LogP contribution in [0, 0.1) is 6.92 Å². The molecule has 3 rings (SSSR count). The van der Waals surface area contributed by atoms with Crippen molar-refractivity contribution >= 4 is 45.8 Å². The highest BCUT2D eigenvalue weighted by Crippen LogP contribution is 2.25. The molecule has 3 aromatic rings. The van der Waals surface area contributed by atoms with Gasteiger partial charge in [-0.05, 0) is 47.7 Å². The molecule has 1 aromatic heterocycles. The average Bonchev–Trinajstić information content (AvgIpc) is 3.06. The van der Waals surface area contributed by atoms with Crippen molar-refractivity contribution < 1.29 is 4.21 Å². The Morgan fingerprint density at radius 2 is 1.92 bits per heavy atom. The Bertz CT molecular complexity index is 899. The van der Waals surface area contributed by atoms with Crippen LogP contribution in [0.5, 0.6) is 0 Å². The zero-order valence-corrected chi connectivity index (χ0v) is 16.4. The van der Waals surface area contributed by atoms with Crippen LogP contribution in [0.1, 0.15) is 5.56 Å². The second-order valence-electron chi connectivity index (χ2n) is 5.18. The van der Waals surface area contributed by atoms with Gasteiger partial charge in [0.2, 0.25) is 5.16 Å². The highest BCUT2D eigenvalue weighted by Gasteiger charge is 2.12. The zero-order valence-electron chi connectivity index (χ0n) is 13.2. The predicted molar refractivity (Wildman–Crippen MR) is 102 cm³/mol. The van der Waals surface area contributed by atoms with Gasteiger partial charge in [0.15, 0.2) is 0 Å². The lowest BCUT2D eigenvalue weighted by atomic mass is 10.2. The van der Waals surface area contributed by atoms with E-state index in [1.54, 1.807) is 22.9 Å². The second-order valence-corrected chi connectivity index (χ2v) is 8.63. The van der Waals surface area contributed by atoms with Gasteiger partial charge in [0.1, 0.15) is 0 Å². The van der Waals surface area contributed by atoms with Crippen LogP contribution in [0.15, 0.2) is 52.5 Å². The van der Waals surface area contributed by atoms with Crippen molar-refractivity contribution in [2.45, 2.75) is 17.0 Å². The van der Waals surface area contributed by atoms with E-state index < -0.39 is 10.8 Å². The molecule has 0 fully saturated rings. The van der Waals surface area contributed by atoms with Crippen molar-refractivity contribution in [3.8, 4) is 5.69 Å². The van der Waals surface area contributed by atoms with Crippen LogP contribution in [-0.4, -0.2) is 35.9 Å². The molecule has 0 amide bonds. The van der Waals surface area contributed by atoms with Crippen LogP contribution >= 0.6 is 35.0 Å². The van der Waals surface area contributed by atoms with Crippen molar-refractivity contribution in [2.75, 3.05) is 11.5 Å². The fourth-order valence-corrected chi connectivity index (χ4v) is 4.94. The fraction of sp³-hybridized carbons (Fsp3) is 0.188. The molecule has 0 saturated carbocycles. The Kier molecular flexibility index (Phi) is 6.11. The molecule has 0 aliphatic heterocycles. The molecule has 0 spiro atoms. The van der Waals surface area contributed by atoms with Gasteiger partial charge < -0.3 is 0 Å². The van der Waals surface area contributed by atoms with Gasteiger partial charge in [-0.1, -0.05) is 52.7 Å². The Hall–Kier alpha value is -1.41. The molecule has 0 saturated heterocycles. The van der Waals surface area contributed by atoms with Gasteiger partial charge in [0, 0.05) is 16.5 Å². The van der Waals surface area contributed by atoms with Crippen molar-refractivity contribution in [1.82, 2.24) is 20.2 Å². The summed E-state index contributed by atoms with van der Waals surface area (Å²) in [5.74, 6) is 1.01. The van der Waals surface area contributed by atoms with E-state index in [0.717, 1.165) is 5.69 Å². The first-order valence-corrected chi connectivity index (χ1v) is 10.4. The number of aryl methyl sites for hydroxylation is 1. The molecule has 9 heteroatoms. The Balaban J connectivity index is 1.65. The molecule has 0 bridgehead atoms. The number of aromatic nitrogens is 4. The van der Waals surface area contributed by atoms with Crippen molar-refractivity contribution in [2.24, 2.45) is 0 Å². The summed E-state index contributed by atoms with van der Waals surface area (Å²) >= 11 is 13.5. The van der Waals surface area contributed by atoms with Crippen LogP contribution in [0.2, 0.25) is 10.0 Å². The van der Waals surface area contributed by atoms with Gasteiger partial charge in [-0.3, -0.25) is 4.21 Å². The van der Waals surface area contributed by atoms with E-state index >= 15 is 0 Å². The normalized spacial score (nSPS) is 12.3. The van der Waals surface area contributed by atoms with Crippen LogP contribution in [0.25, 0.3) is 5.69 Å². The SMILES string of the molecule is Cc1ccc(-n2nnnc2SCC[S@](=O)c2cc(Cl)ccc2Cl)cc1. The summed E-state index contributed by atoms with van der Waals surface area (Å²) in [6, 6.07) is 12.9. The summed E-state index contributed by atoms with van der Waals surface area (Å²) in [6.45, 7) is 2.02. The molecule has 0 aliphatic rings. The van der Waals surface area contributed by atoms with Gasteiger partial charge in [-0.25, -0.2) is 0 Å². The maximum Gasteiger partial charge on any atom is 0.214 e. The van der Waals surface area contributed by atoms with Crippen molar-refractivity contribution in [1.29, 1.82) is 0 Å². The molecule has 5 nitrogen and oxygen atoms in total. The first-order chi connectivity index (χ1) is 12.0. The lowest BCUT2D eigenvalue weighted by Crippen LogP contribution is -2.04. The highest BCUT2D eigenvalue weighted by molar-refractivity contribution is 8.00. The summed E-state index contributed by atoms with van der Waals surface area (Å²) in [6.07, 6.45) is 0. The number of thioether (sulfide) groups is 1. The minimum Gasteiger partial charge on any atom is -0.254 e. The molecule has 2 aromatic carbocycles. The second kappa shape index (κ2) is 8.31. The topological polar surface area (TPSA) is 60.7 Å². The maximum atomic E-state index is 12.4. The van der Waals surface area contributed by atoms with Crippen molar-refractivity contribution in [3.05, 3.63) is 58.1 Å². The minimum atomic E-state index is -1.24. The van der Waals surface area contributed by atoms with E-state index in [9.17, 15) is 4.21 Å². The summed E-state index contributed by atoms with van der Waals surface area (Å²) in [5, 5.41) is 13.4. The third-order valence-electron chi connectivity index (χ3n) is 3.36. The third kappa shape index (κ3) is 4.61. The van der Waals surface area contributed by atoms with Crippen LogP contribution < -0.4 is 0 Å². The summed E-state index contributed by atoms with van der Waals surface area (Å²) < 4.78 is 14.1. The van der Waals surface area contributed by atoms with E-state index in [1.165, 1.54) is 17.3 Å². The molecule has 25 heavy (non-hydrogen) atoms. The molecule has 0 radical (unpaired) electrons. The minimum absolute atomic E-state index is 0.422. The number of nitrogens with zero attached hydrogens (tertiary/aromatic N) is 4. The Morgan fingerprint density at radius 1 is 1.16 bits per heavy atom. The number of tetrazole rings is 1. The number of hydrogen-bond acceptors (Lipinski definition) is 5. The largest absolute Gasteiger partial charge is 0.254 e. The van der Waals surface area contributed by atoms with E-state index in [1.807, 2.05) is 31.2 Å². The standard InChI is InChI=1S/C16H14Cl2N4OS2/c1-11-2-5-13(6-3-11)22-16(19-20-21-22)24-8-9-25(23)15-10-12(17)4-7-14(15)18/h2-7,10H,8-9H2,1H3/t25-/m0/s1. The van der Waals surface area contributed by atoms with Crippen LogP contribution in [0.4, 0.5) is 0 Å². The van der Waals surface area contributed by atoms with Crippen molar-refractivity contribution in [3.63, 3.8) is 0 Å². The molecule has 0 aliphatic carbocycles. The van der Waals surface area contributed by atoms with Gasteiger partial charge in [0.25, 0.3) is 0 Å². The van der Waals surface area contributed by atoms with E-state index in [0.29, 0.717) is 31.6 Å². The summed E-state index contributed by atoms with van der Waals surface area (Å²) in [7, 11) is -1.24. The van der Waals surface area contributed by atoms with E-state index in [4.69, 9.17) is 23.2 Å². The zero-order chi connectivity index (χ0) is 17.8. The number of halogens is 2. The highest BCUT2D eigenvalue weighted by atomic mass is 35.5. The smallest absolute Gasteiger partial charge is 0.214 e. The van der Waals surface area contributed by atoms with Crippen LogP contribution in [-0.2, 0) is 10.8 Å². The van der Waals surface area contributed by atoms with Gasteiger partial charge in [0.05, 0.1) is 26.4 Å². The number of benzene rings is 2. The first kappa shape index (κ1) is 18.4. The molecule has 130 valence electrons. The monoisotopic (exact) mass is 412 g/mol. The fourth-order valence-electron chi connectivity index (χ4n) is 2.09. The molecule has 0 unspecified atom stereocenters. The first-order valence-electron chi connectivity index (χ1n) is 7.36. The predicted octanol–water partition coefficient (Wildman–Crippen LogP) is 4.18. The van der Waals surface area contributed by atoms with Gasteiger partial charge >= 0.3 is 0 Å². The maximum absolute atomic E-state index is 12.4. The van der Waals surface area contributed by atoms with Gasteiger partial charge in [-0.2, -0.15) is 4.68 Å². The molecular formula is C16H14Cl2N4OS2. The molecular weight excluding hydrogens is 399 g/mol. The lowest BCUT2D eigenvalue weighted by molar-refractivity contribution is 0.684. The third-order valence-corrected chi connectivity index (χ3v) is 6.62. The lowest BCUT2D eigenvalue weighted by Gasteiger charge is -2.06. The van der Waals surface area contributed by atoms with E-state index in [2.05, 4.69) is 15.5 Å². The molecule has 0 N–H and O–H groups in total.